The summed E-state index contributed by atoms with van der Waals surface area (Å²) >= 11 is 0. The average molecular weight is 94.1 g/mol. The average Bonchev–Trinajstić information content (AvgIpc) is 1.00. The summed E-state index contributed by atoms with van der Waals surface area (Å²) in [6, 6.07) is 0. The van der Waals surface area contributed by atoms with Gasteiger partial charge in [0.1, 0.15) is 0 Å². The maximum absolute atomic E-state index is 8.25. The molecule has 1 N–H and O–H groups in total. The normalized spacial score (nSPS) is 1.20. The molecule has 0 heterocycles. The van der Waals surface area contributed by atoms with Crippen molar-refractivity contribution in [3.05, 3.63) is 0 Å². The quantitative estimate of drug-likeness (QED) is 0.280. The van der Waals surface area contributed by atoms with Gasteiger partial charge in [0.05, 0.1) is 0 Å². The van der Waals surface area contributed by atoms with Gasteiger partial charge in [-0.25, -0.2) is 0 Å². The summed E-state index contributed by atoms with van der Waals surface area (Å²) in [7, 11) is 0.750. The van der Waals surface area contributed by atoms with Crippen LogP contribution in [0.5, 0.6) is 0 Å². The van der Waals surface area contributed by atoms with Gasteiger partial charge >= 0.3 is 70.2 Å². The third-order valence-electron chi connectivity index (χ3n) is 0. The molecule has 0 fully saturated rings. The van der Waals surface area contributed by atoms with Crippen molar-refractivity contribution in [2.75, 3.05) is 7.11 Å². The summed E-state index contributed by atoms with van der Waals surface area (Å²) in [4.78, 5) is 0. The SMILES string of the molecule is C[O-].[K+].[Li+].[OH-]. The van der Waals surface area contributed by atoms with Crippen molar-refractivity contribution < 1.29 is 80.8 Å². The number of hydrogen-bond acceptors (Lipinski definition) is 2. The zero-order valence-electron chi connectivity index (χ0n) is 3.86. The van der Waals surface area contributed by atoms with Crippen molar-refractivity contribution in [3.63, 3.8) is 0 Å². The van der Waals surface area contributed by atoms with E-state index in [1.807, 2.05) is 0 Å². The van der Waals surface area contributed by atoms with Crippen LogP contribution in [0.1, 0.15) is 0 Å². The Morgan fingerprint density at radius 1 is 1.20 bits per heavy atom. The molecule has 0 aliphatic heterocycles. The summed E-state index contributed by atoms with van der Waals surface area (Å²) in [6.07, 6.45) is 0. The van der Waals surface area contributed by atoms with Crippen LogP contribution in [0.3, 0.4) is 0 Å². The maximum atomic E-state index is 8.25. The summed E-state index contributed by atoms with van der Waals surface area (Å²) in [6.45, 7) is 0. The molecule has 0 saturated carbocycles. The first-order valence-corrected chi connectivity index (χ1v) is 0.408. The van der Waals surface area contributed by atoms with Gasteiger partial charge in [-0.2, -0.15) is 7.11 Å². The van der Waals surface area contributed by atoms with E-state index in [2.05, 4.69) is 0 Å². The minimum atomic E-state index is 0. The van der Waals surface area contributed by atoms with Crippen LogP contribution in [0.15, 0.2) is 0 Å². The van der Waals surface area contributed by atoms with Crippen LogP contribution in [-0.4, -0.2) is 12.6 Å². The minimum Gasteiger partial charge on any atom is -0.870 e. The fourth-order valence-electron chi connectivity index (χ4n) is 0. The molecule has 4 heteroatoms. The van der Waals surface area contributed by atoms with Crippen molar-refractivity contribution in [1.29, 1.82) is 0 Å². The van der Waals surface area contributed by atoms with E-state index < -0.39 is 0 Å². The Bertz CT molecular complexity index is 9.61. The molecule has 22 valence electrons. The van der Waals surface area contributed by atoms with Gasteiger partial charge in [-0.15, -0.1) is 0 Å². The zero-order valence-corrected chi connectivity index (χ0v) is 6.98. The minimum absolute atomic E-state index is 0. The molecule has 0 unspecified atom stereocenters. The van der Waals surface area contributed by atoms with Gasteiger partial charge in [0.15, 0.2) is 0 Å². The van der Waals surface area contributed by atoms with E-state index in [0.717, 1.165) is 7.11 Å². The van der Waals surface area contributed by atoms with Gasteiger partial charge in [0.25, 0.3) is 0 Å². The molecule has 0 saturated heterocycles. The third kappa shape index (κ3) is 22.9. The Kier molecular flexibility index (Phi) is 192. The molecule has 0 aromatic carbocycles. The van der Waals surface area contributed by atoms with Gasteiger partial charge in [-0.05, 0) is 0 Å². The molecule has 0 spiro atoms. The Labute approximate surface area is 86.2 Å². The van der Waals surface area contributed by atoms with E-state index in [9.17, 15) is 0 Å². The zero-order chi connectivity index (χ0) is 2.00. The molecule has 0 aromatic heterocycles. The van der Waals surface area contributed by atoms with Crippen LogP contribution in [0, 0.1) is 0 Å². The van der Waals surface area contributed by atoms with Crippen molar-refractivity contribution >= 4 is 0 Å². The number of hydrogen-bond donors (Lipinski definition) is 0. The van der Waals surface area contributed by atoms with E-state index in [1.165, 1.54) is 0 Å². The largest absolute Gasteiger partial charge is 1.00 e. The standard InChI is InChI=1S/CH3O.K.Li.H2O/c1-2;;;/h1H3;;;1H2/q-1;2*+1;/p-1. The Hall–Kier alpha value is 2.15. The fourth-order valence-corrected chi connectivity index (χ4v) is 0. The van der Waals surface area contributed by atoms with Crippen LogP contribution in [0.2, 0.25) is 0 Å². The second-order valence-corrected chi connectivity index (χ2v) is 0. The van der Waals surface area contributed by atoms with E-state index in [4.69, 9.17) is 5.11 Å². The topological polar surface area (TPSA) is 53.1 Å². The van der Waals surface area contributed by atoms with E-state index >= 15 is 0 Å². The van der Waals surface area contributed by atoms with Crippen molar-refractivity contribution in [3.8, 4) is 0 Å². The molecule has 0 radical (unpaired) electrons. The van der Waals surface area contributed by atoms with Crippen molar-refractivity contribution in [2.24, 2.45) is 0 Å². The first-order chi connectivity index (χ1) is 1.00. The van der Waals surface area contributed by atoms with Crippen LogP contribution in [0.25, 0.3) is 0 Å². The van der Waals surface area contributed by atoms with Crippen LogP contribution in [0.4, 0.5) is 0 Å². The van der Waals surface area contributed by atoms with Gasteiger partial charge in [-0.3, -0.25) is 0 Å². The Morgan fingerprint density at radius 2 is 1.20 bits per heavy atom. The van der Waals surface area contributed by atoms with Gasteiger partial charge in [0.2, 0.25) is 0 Å². The van der Waals surface area contributed by atoms with Crippen LogP contribution < -0.4 is 75.4 Å². The Balaban J connectivity index is -0.00000000167. The van der Waals surface area contributed by atoms with Gasteiger partial charge < -0.3 is 10.6 Å². The monoisotopic (exact) mass is 94.0 g/mol. The molecule has 0 aliphatic rings. The molecule has 0 aliphatic carbocycles. The van der Waals surface area contributed by atoms with Crippen molar-refractivity contribution in [1.82, 2.24) is 0 Å². The second-order valence-electron chi connectivity index (χ2n) is 0. The van der Waals surface area contributed by atoms with Crippen molar-refractivity contribution in [2.45, 2.75) is 0 Å². The molecule has 0 amide bonds. The fraction of sp³-hybridized carbons (Fsp3) is 1.00. The van der Waals surface area contributed by atoms with Gasteiger partial charge in [0, 0.05) is 0 Å². The third-order valence-corrected chi connectivity index (χ3v) is 0. The molecule has 5 heavy (non-hydrogen) atoms. The summed E-state index contributed by atoms with van der Waals surface area (Å²) in [5.74, 6) is 0. The van der Waals surface area contributed by atoms with Crippen LogP contribution in [-0.2, 0) is 0 Å². The smallest absolute Gasteiger partial charge is 0.870 e. The maximum Gasteiger partial charge on any atom is 1.00 e. The molecule has 0 aromatic rings. The predicted octanol–water partition coefficient (Wildman–Crippen LogP) is -7.19. The number of rotatable bonds is 0. The van der Waals surface area contributed by atoms with E-state index in [1.54, 1.807) is 0 Å². The van der Waals surface area contributed by atoms with Gasteiger partial charge in [-0.1, -0.05) is 0 Å². The molecule has 0 bridgehead atoms. The summed E-state index contributed by atoms with van der Waals surface area (Å²) < 4.78 is 0. The van der Waals surface area contributed by atoms with E-state index in [0.29, 0.717) is 0 Å². The molecule has 0 atom stereocenters. The first kappa shape index (κ1) is 27.2. The van der Waals surface area contributed by atoms with Crippen LogP contribution >= 0.6 is 0 Å². The summed E-state index contributed by atoms with van der Waals surface area (Å²) in [5.41, 5.74) is 0. The molecule has 2 nitrogen and oxygen atoms in total. The summed E-state index contributed by atoms with van der Waals surface area (Å²) in [5, 5.41) is 8.25. The predicted molar refractivity (Wildman–Crippen MR) is 7.86 cm³/mol. The van der Waals surface area contributed by atoms with E-state index in [-0.39, 0.29) is 75.7 Å². The second kappa shape index (κ2) is 35.2. The molecular weight excluding hydrogens is 90.0 g/mol. The first-order valence-electron chi connectivity index (χ1n) is 0.408. The Morgan fingerprint density at radius 3 is 1.20 bits per heavy atom. The molecular formula is CH4KLiO2. The molecule has 0 rings (SSSR count).